The molecular formula is C16H20N2O3S2. The Hall–Kier alpha value is -1.44. The summed E-state index contributed by atoms with van der Waals surface area (Å²) in [6.45, 7) is 1.93. The van der Waals surface area contributed by atoms with E-state index in [9.17, 15) is 8.42 Å². The number of thiazole rings is 1. The highest BCUT2D eigenvalue weighted by Gasteiger charge is 2.26. The molecule has 1 aromatic heterocycles. The van der Waals surface area contributed by atoms with Gasteiger partial charge in [0.15, 0.2) is 0 Å². The van der Waals surface area contributed by atoms with Crippen LogP contribution in [0.4, 0.5) is 0 Å². The van der Waals surface area contributed by atoms with Crippen LogP contribution in [0, 0.1) is 6.92 Å². The number of rotatable bonds is 5. The van der Waals surface area contributed by atoms with Gasteiger partial charge in [-0.2, -0.15) is 0 Å². The smallest absolute Gasteiger partial charge is 0.244 e. The molecule has 2 aromatic rings. The fraction of sp³-hybridized carbons (Fsp3) is 0.438. The van der Waals surface area contributed by atoms with Gasteiger partial charge in [-0.05, 0) is 38.0 Å². The predicted octanol–water partition coefficient (Wildman–Crippen LogP) is 3.35. The minimum Gasteiger partial charge on any atom is -0.495 e. The first-order chi connectivity index (χ1) is 11.0. The van der Waals surface area contributed by atoms with Crippen molar-refractivity contribution in [2.75, 3.05) is 7.11 Å². The fourth-order valence-corrected chi connectivity index (χ4v) is 4.99. The lowest BCUT2D eigenvalue weighted by Gasteiger charge is -2.15. The third-order valence-corrected chi connectivity index (χ3v) is 6.36. The predicted molar refractivity (Wildman–Crippen MR) is 91.4 cm³/mol. The number of methoxy groups -OCH3 is 1. The summed E-state index contributed by atoms with van der Waals surface area (Å²) in [6.07, 6.45) is 3.93. The number of sulfonamides is 1. The Kier molecular flexibility index (Phi) is 4.70. The van der Waals surface area contributed by atoms with Gasteiger partial charge in [-0.1, -0.05) is 12.8 Å². The Morgan fingerprint density at radius 2 is 2.04 bits per heavy atom. The third-order valence-electron chi connectivity index (χ3n) is 4.04. The van der Waals surface area contributed by atoms with Crippen LogP contribution in [0.1, 0.15) is 30.7 Å². The number of benzene rings is 1. The second kappa shape index (κ2) is 6.59. The van der Waals surface area contributed by atoms with Gasteiger partial charge in [0, 0.05) is 17.0 Å². The molecule has 1 aliphatic carbocycles. The molecule has 0 atom stereocenters. The molecule has 1 heterocycles. The molecule has 0 unspecified atom stereocenters. The number of hydrogen-bond acceptors (Lipinski definition) is 5. The van der Waals surface area contributed by atoms with E-state index >= 15 is 0 Å². The van der Waals surface area contributed by atoms with Gasteiger partial charge in [0.05, 0.1) is 17.8 Å². The van der Waals surface area contributed by atoms with Crippen LogP contribution in [0.2, 0.25) is 0 Å². The number of aromatic nitrogens is 1. The summed E-state index contributed by atoms with van der Waals surface area (Å²) in [5.41, 5.74) is 1.56. The Morgan fingerprint density at radius 1 is 1.30 bits per heavy atom. The normalized spacial score (nSPS) is 15.9. The molecule has 1 fully saturated rings. The molecule has 0 spiro atoms. The van der Waals surface area contributed by atoms with Crippen molar-refractivity contribution < 1.29 is 13.2 Å². The van der Waals surface area contributed by atoms with E-state index < -0.39 is 10.0 Å². The highest BCUT2D eigenvalue weighted by Crippen LogP contribution is 2.31. The van der Waals surface area contributed by atoms with Crippen LogP contribution >= 0.6 is 11.3 Å². The van der Waals surface area contributed by atoms with E-state index in [0.717, 1.165) is 41.9 Å². The second-order valence-electron chi connectivity index (χ2n) is 5.72. The highest BCUT2D eigenvalue weighted by atomic mass is 32.2. The molecule has 1 aromatic carbocycles. The maximum absolute atomic E-state index is 12.7. The molecule has 0 saturated heterocycles. The van der Waals surface area contributed by atoms with Crippen molar-refractivity contribution >= 4 is 21.4 Å². The summed E-state index contributed by atoms with van der Waals surface area (Å²) in [6, 6.07) is 5.19. The van der Waals surface area contributed by atoms with E-state index in [1.807, 2.05) is 18.4 Å². The van der Waals surface area contributed by atoms with Crippen molar-refractivity contribution in [3.63, 3.8) is 0 Å². The zero-order chi connectivity index (χ0) is 16.4. The first-order valence-corrected chi connectivity index (χ1v) is 9.99. The second-order valence-corrected chi connectivity index (χ2v) is 8.46. The summed E-state index contributed by atoms with van der Waals surface area (Å²) < 4.78 is 33.6. The van der Waals surface area contributed by atoms with Gasteiger partial charge < -0.3 is 4.74 Å². The van der Waals surface area contributed by atoms with Crippen LogP contribution in [-0.2, 0) is 10.0 Å². The molecule has 3 rings (SSSR count). The van der Waals surface area contributed by atoms with Gasteiger partial charge in [0.1, 0.15) is 10.6 Å². The molecule has 23 heavy (non-hydrogen) atoms. The van der Waals surface area contributed by atoms with Crippen LogP contribution in [-0.4, -0.2) is 26.6 Å². The Labute approximate surface area is 140 Å². The maximum Gasteiger partial charge on any atom is 0.244 e. The van der Waals surface area contributed by atoms with Gasteiger partial charge >= 0.3 is 0 Å². The Bertz CT molecular complexity index is 793. The third kappa shape index (κ3) is 3.57. The molecule has 1 aliphatic rings. The molecule has 0 radical (unpaired) electrons. The van der Waals surface area contributed by atoms with E-state index in [1.165, 1.54) is 7.11 Å². The lowest BCUT2D eigenvalue weighted by atomic mass is 10.2. The molecule has 1 N–H and O–H groups in total. The fourth-order valence-electron chi connectivity index (χ4n) is 2.87. The molecule has 5 nitrogen and oxygen atoms in total. The van der Waals surface area contributed by atoms with Gasteiger partial charge in [0.25, 0.3) is 0 Å². The average molecular weight is 352 g/mol. The molecule has 0 bridgehead atoms. The summed E-state index contributed by atoms with van der Waals surface area (Å²) in [7, 11) is -2.13. The van der Waals surface area contributed by atoms with Crippen LogP contribution in [0.25, 0.3) is 11.3 Å². The van der Waals surface area contributed by atoms with E-state index in [2.05, 4.69) is 9.71 Å². The highest BCUT2D eigenvalue weighted by molar-refractivity contribution is 7.89. The zero-order valence-corrected chi connectivity index (χ0v) is 14.8. The summed E-state index contributed by atoms with van der Waals surface area (Å²) >= 11 is 1.54. The molecule has 7 heteroatoms. The van der Waals surface area contributed by atoms with E-state index in [-0.39, 0.29) is 10.9 Å². The lowest BCUT2D eigenvalue weighted by molar-refractivity contribution is 0.402. The van der Waals surface area contributed by atoms with Crippen molar-refractivity contribution in [1.82, 2.24) is 9.71 Å². The van der Waals surface area contributed by atoms with E-state index in [0.29, 0.717) is 5.75 Å². The molecular weight excluding hydrogens is 332 g/mol. The van der Waals surface area contributed by atoms with Crippen molar-refractivity contribution in [2.24, 2.45) is 0 Å². The minimum absolute atomic E-state index is 0.0230. The lowest BCUT2D eigenvalue weighted by Crippen LogP contribution is -2.32. The van der Waals surface area contributed by atoms with E-state index in [1.54, 1.807) is 23.5 Å². The van der Waals surface area contributed by atoms with Crippen LogP contribution in [0.15, 0.2) is 28.5 Å². The van der Waals surface area contributed by atoms with Crippen molar-refractivity contribution in [1.29, 1.82) is 0 Å². The maximum atomic E-state index is 12.7. The first-order valence-electron chi connectivity index (χ1n) is 7.62. The largest absolute Gasteiger partial charge is 0.495 e. The summed E-state index contributed by atoms with van der Waals surface area (Å²) in [5, 5.41) is 2.88. The van der Waals surface area contributed by atoms with Crippen LogP contribution in [0.5, 0.6) is 5.75 Å². The minimum atomic E-state index is -3.61. The number of aryl methyl sites for hydroxylation is 1. The van der Waals surface area contributed by atoms with Crippen LogP contribution < -0.4 is 9.46 Å². The van der Waals surface area contributed by atoms with Gasteiger partial charge in [-0.25, -0.2) is 18.1 Å². The van der Waals surface area contributed by atoms with Gasteiger partial charge in [-0.3, -0.25) is 0 Å². The van der Waals surface area contributed by atoms with Crippen molar-refractivity contribution in [3.8, 4) is 17.0 Å². The average Bonchev–Trinajstić information content (AvgIpc) is 3.18. The number of ether oxygens (including phenoxy) is 1. The zero-order valence-electron chi connectivity index (χ0n) is 13.2. The first kappa shape index (κ1) is 16.4. The van der Waals surface area contributed by atoms with Crippen LogP contribution in [0.3, 0.4) is 0 Å². The van der Waals surface area contributed by atoms with Crippen molar-refractivity contribution in [2.45, 2.75) is 43.5 Å². The summed E-state index contributed by atoms with van der Waals surface area (Å²) in [4.78, 5) is 4.60. The van der Waals surface area contributed by atoms with E-state index in [4.69, 9.17) is 4.74 Å². The number of hydrogen-bond donors (Lipinski definition) is 1. The standard InChI is InChI=1S/C16H20N2O3S2/c1-11-17-14(10-22-11)12-7-8-15(21-2)16(9-12)23(19,20)18-13-5-3-4-6-13/h7-10,13,18H,3-6H2,1-2H3. The quantitative estimate of drug-likeness (QED) is 0.896. The Balaban J connectivity index is 1.98. The molecule has 0 aliphatic heterocycles. The molecule has 124 valence electrons. The monoisotopic (exact) mass is 352 g/mol. The van der Waals surface area contributed by atoms with Crippen molar-refractivity contribution in [3.05, 3.63) is 28.6 Å². The van der Waals surface area contributed by atoms with Gasteiger partial charge in [0.2, 0.25) is 10.0 Å². The number of nitrogens with one attached hydrogen (secondary N) is 1. The Morgan fingerprint density at radius 3 is 2.65 bits per heavy atom. The van der Waals surface area contributed by atoms with Gasteiger partial charge in [-0.15, -0.1) is 11.3 Å². The SMILES string of the molecule is COc1ccc(-c2csc(C)n2)cc1S(=O)(=O)NC1CCCC1. The molecule has 1 saturated carbocycles. The topological polar surface area (TPSA) is 68.3 Å². The number of nitrogens with zero attached hydrogens (tertiary/aromatic N) is 1. The molecule has 0 amide bonds. The summed E-state index contributed by atoms with van der Waals surface area (Å²) in [5.74, 6) is 0.353.